The topological polar surface area (TPSA) is 81.7 Å². The molecule has 0 aliphatic rings. The molecule has 0 aliphatic carbocycles. The molecule has 2 rings (SSSR count). The molecule has 0 unspecified atom stereocenters. The molecule has 2 aromatic carbocycles. The van der Waals surface area contributed by atoms with Crippen LogP contribution in [0.1, 0.15) is 20.7 Å². The Bertz CT molecular complexity index is 773. The Labute approximate surface area is 149 Å². The number of carbonyl (C=O) groups is 3. The molecule has 2 aromatic rings. The van der Waals surface area contributed by atoms with Crippen LogP contribution in [0, 0.1) is 0 Å². The van der Waals surface area contributed by atoms with Gasteiger partial charge >= 0.3 is 11.9 Å². The summed E-state index contributed by atoms with van der Waals surface area (Å²) in [5.74, 6) is -1.71. The van der Waals surface area contributed by atoms with E-state index in [0.717, 1.165) is 4.90 Å². The standard InChI is InChI=1S/C18H17NO5S/c1-23-18(22)14-5-3-4-6-15(14)19-16(20)11-24-17(21)12-7-9-13(25-2)10-8-12/h3-10H,11H2,1-2H3,(H,19,20). The quantitative estimate of drug-likeness (QED) is 0.631. The molecule has 0 aromatic heterocycles. The van der Waals surface area contributed by atoms with Gasteiger partial charge in [0.25, 0.3) is 5.91 Å². The second kappa shape index (κ2) is 8.89. The first-order valence-corrected chi connectivity index (χ1v) is 8.56. The van der Waals surface area contributed by atoms with Crippen LogP contribution in [0.5, 0.6) is 0 Å². The van der Waals surface area contributed by atoms with Crippen molar-refractivity contribution in [3.63, 3.8) is 0 Å². The number of benzene rings is 2. The van der Waals surface area contributed by atoms with E-state index in [9.17, 15) is 14.4 Å². The lowest BCUT2D eigenvalue weighted by Gasteiger charge is -2.10. The number of esters is 2. The van der Waals surface area contributed by atoms with E-state index in [2.05, 4.69) is 10.1 Å². The van der Waals surface area contributed by atoms with E-state index in [1.807, 2.05) is 6.26 Å². The van der Waals surface area contributed by atoms with Crippen molar-refractivity contribution in [3.05, 3.63) is 59.7 Å². The van der Waals surface area contributed by atoms with Crippen molar-refractivity contribution in [2.45, 2.75) is 4.90 Å². The van der Waals surface area contributed by atoms with Gasteiger partial charge in [-0.15, -0.1) is 11.8 Å². The average Bonchev–Trinajstić information content (AvgIpc) is 2.66. The number of rotatable bonds is 6. The predicted molar refractivity (Wildman–Crippen MR) is 94.9 cm³/mol. The SMILES string of the molecule is COC(=O)c1ccccc1NC(=O)COC(=O)c1ccc(SC)cc1. The number of hydrogen-bond acceptors (Lipinski definition) is 6. The van der Waals surface area contributed by atoms with E-state index in [1.165, 1.54) is 13.2 Å². The van der Waals surface area contributed by atoms with Crippen LogP contribution in [0.25, 0.3) is 0 Å². The van der Waals surface area contributed by atoms with E-state index in [4.69, 9.17) is 4.74 Å². The van der Waals surface area contributed by atoms with Gasteiger partial charge in [-0.1, -0.05) is 12.1 Å². The molecular formula is C18H17NO5S. The Hall–Kier alpha value is -2.80. The first kappa shape index (κ1) is 18.5. The van der Waals surface area contributed by atoms with Gasteiger partial charge in [0.2, 0.25) is 0 Å². The zero-order valence-corrected chi connectivity index (χ0v) is 14.6. The Balaban J connectivity index is 1.94. The molecular weight excluding hydrogens is 342 g/mol. The fraction of sp³-hybridized carbons (Fsp3) is 0.167. The Morgan fingerprint density at radius 2 is 1.68 bits per heavy atom. The van der Waals surface area contributed by atoms with Crippen molar-refractivity contribution in [3.8, 4) is 0 Å². The van der Waals surface area contributed by atoms with Crippen LogP contribution in [0.15, 0.2) is 53.4 Å². The van der Waals surface area contributed by atoms with Crippen LogP contribution in [0.3, 0.4) is 0 Å². The van der Waals surface area contributed by atoms with Crippen molar-refractivity contribution in [2.24, 2.45) is 0 Å². The lowest BCUT2D eigenvalue weighted by Crippen LogP contribution is -2.22. The van der Waals surface area contributed by atoms with E-state index >= 15 is 0 Å². The molecule has 0 bridgehead atoms. The summed E-state index contributed by atoms with van der Waals surface area (Å²) in [5.41, 5.74) is 0.873. The number of methoxy groups -OCH3 is 1. The minimum Gasteiger partial charge on any atom is -0.465 e. The minimum atomic E-state index is -0.593. The van der Waals surface area contributed by atoms with Crippen molar-refractivity contribution in [1.29, 1.82) is 0 Å². The third-order valence-electron chi connectivity index (χ3n) is 3.27. The molecule has 0 fully saturated rings. The third kappa shape index (κ3) is 5.09. The fourth-order valence-electron chi connectivity index (χ4n) is 2.01. The fourth-order valence-corrected chi connectivity index (χ4v) is 2.42. The van der Waals surface area contributed by atoms with Crippen molar-refractivity contribution >= 4 is 35.3 Å². The molecule has 1 amide bonds. The van der Waals surface area contributed by atoms with Gasteiger partial charge in [0.05, 0.1) is 23.9 Å². The highest BCUT2D eigenvalue weighted by Gasteiger charge is 2.15. The first-order chi connectivity index (χ1) is 12.0. The number of anilines is 1. The van der Waals surface area contributed by atoms with Crippen LogP contribution >= 0.6 is 11.8 Å². The monoisotopic (exact) mass is 359 g/mol. The molecule has 0 aliphatic heterocycles. The first-order valence-electron chi connectivity index (χ1n) is 7.33. The smallest absolute Gasteiger partial charge is 0.339 e. The summed E-state index contributed by atoms with van der Waals surface area (Å²) in [7, 11) is 1.25. The maximum absolute atomic E-state index is 12.0. The number of ether oxygens (including phenoxy) is 2. The number of thioether (sulfide) groups is 1. The maximum Gasteiger partial charge on any atom is 0.339 e. The van der Waals surface area contributed by atoms with E-state index in [1.54, 1.807) is 54.2 Å². The van der Waals surface area contributed by atoms with Gasteiger partial charge in [0.1, 0.15) is 0 Å². The molecule has 0 saturated carbocycles. The largest absolute Gasteiger partial charge is 0.465 e. The molecule has 6 nitrogen and oxygen atoms in total. The lowest BCUT2D eigenvalue weighted by atomic mass is 10.2. The van der Waals surface area contributed by atoms with Gasteiger partial charge in [0, 0.05) is 4.90 Å². The lowest BCUT2D eigenvalue weighted by molar-refractivity contribution is -0.119. The molecule has 7 heteroatoms. The third-order valence-corrected chi connectivity index (χ3v) is 4.01. The number of hydrogen-bond donors (Lipinski definition) is 1. The molecule has 1 N–H and O–H groups in total. The highest BCUT2D eigenvalue weighted by Crippen LogP contribution is 2.17. The van der Waals surface area contributed by atoms with Crippen LogP contribution in [-0.2, 0) is 14.3 Å². The van der Waals surface area contributed by atoms with Crippen LogP contribution in [0.4, 0.5) is 5.69 Å². The second-order valence-electron chi connectivity index (χ2n) is 4.89. The number of para-hydroxylation sites is 1. The van der Waals surface area contributed by atoms with Crippen LogP contribution in [-0.4, -0.2) is 37.8 Å². The summed E-state index contributed by atoms with van der Waals surface area (Å²) < 4.78 is 9.64. The number of nitrogens with one attached hydrogen (secondary N) is 1. The Morgan fingerprint density at radius 3 is 2.32 bits per heavy atom. The summed E-state index contributed by atoms with van der Waals surface area (Å²) in [4.78, 5) is 36.6. The van der Waals surface area contributed by atoms with Gasteiger partial charge in [-0.05, 0) is 42.7 Å². The van der Waals surface area contributed by atoms with Crippen LogP contribution < -0.4 is 5.32 Å². The average molecular weight is 359 g/mol. The van der Waals surface area contributed by atoms with Crippen LogP contribution in [0.2, 0.25) is 0 Å². The van der Waals surface area contributed by atoms with Crippen molar-refractivity contribution in [2.75, 3.05) is 25.3 Å². The molecule has 0 radical (unpaired) electrons. The zero-order valence-electron chi connectivity index (χ0n) is 13.8. The predicted octanol–water partition coefficient (Wildman–Crippen LogP) is 2.99. The molecule has 0 spiro atoms. The Kier molecular flexibility index (Phi) is 6.59. The van der Waals surface area contributed by atoms with Gasteiger partial charge in [0.15, 0.2) is 6.61 Å². The van der Waals surface area contributed by atoms with E-state index in [0.29, 0.717) is 11.3 Å². The highest BCUT2D eigenvalue weighted by atomic mass is 32.2. The summed E-state index contributed by atoms with van der Waals surface area (Å²) in [6.45, 7) is -0.460. The summed E-state index contributed by atoms with van der Waals surface area (Å²) >= 11 is 1.56. The molecule has 0 heterocycles. The van der Waals surface area contributed by atoms with Gasteiger partial charge in [-0.25, -0.2) is 9.59 Å². The molecule has 0 atom stereocenters. The van der Waals surface area contributed by atoms with Gasteiger partial charge in [-0.3, -0.25) is 4.79 Å². The van der Waals surface area contributed by atoms with E-state index in [-0.39, 0.29) is 5.56 Å². The van der Waals surface area contributed by atoms with Crippen molar-refractivity contribution in [1.82, 2.24) is 0 Å². The van der Waals surface area contributed by atoms with Gasteiger partial charge < -0.3 is 14.8 Å². The summed E-state index contributed by atoms with van der Waals surface area (Å²) in [6.07, 6.45) is 1.93. The molecule has 0 saturated heterocycles. The summed E-state index contributed by atoms with van der Waals surface area (Å²) in [5, 5.41) is 2.53. The van der Waals surface area contributed by atoms with Gasteiger partial charge in [-0.2, -0.15) is 0 Å². The van der Waals surface area contributed by atoms with Crippen molar-refractivity contribution < 1.29 is 23.9 Å². The Morgan fingerprint density at radius 1 is 1.00 bits per heavy atom. The second-order valence-corrected chi connectivity index (χ2v) is 5.77. The van der Waals surface area contributed by atoms with E-state index < -0.39 is 24.5 Å². The number of carbonyl (C=O) groups excluding carboxylic acids is 3. The normalized spacial score (nSPS) is 10.0. The maximum atomic E-state index is 12.0. The summed E-state index contributed by atoms with van der Waals surface area (Å²) in [6, 6.07) is 13.3. The zero-order chi connectivity index (χ0) is 18.2. The number of amides is 1. The molecule has 130 valence electrons. The molecule has 25 heavy (non-hydrogen) atoms. The highest BCUT2D eigenvalue weighted by molar-refractivity contribution is 7.98. The minimum absolute atomic E-state index is 0.220.